The van der Waals surface area contributed by atoms with Crippen LogP contribution in [0.25, 0.3) is 0 Å². The Balaban J connectivity index is 2.06. The summed E-state index contributed by atoms with van der Waals surface area (Å²) in [6.07, 6.45) is 2.92. The number of amides is 1. The summed E-state index contributed by atoms with van der Waals surface area (Å²) < 4.78 is 4.80. The molecule has 1 aromatic heterocycles. The number of nitrogens with one attached hydrogen (secondary N) is 2. The molecule has 0 bridgehead atoms. The van der Waals surface area contributed by atoms with Crippen LogP contribution < -0.4 is 10.6 Å². The molecule has 1 aromatic rings. The van der Waals surface area contributed by atoms with Crippen LogP contribution >= 0.6 is 0 Å². The molecule has 1 rings (SSSR count). The van der Waals surface area contributed by atoms with Crippen molar-refractivity contribution in [2.24, 2.45) is 0 Å². The van der Waals surface area contributed by atoms with Gasteiger partial charge in [0.2, 0.25) is 11.8 Å². The summed E-state index contributed by atoms with van der Waals surface area (Å²) >= 11 is 0. The number of nitrogens with zero attached hydrogens (tertiary/aromatic N) is 2. The fourth-order valence-electron chi connectivity index (χ4n) is 1.09. The molecule has 1 heterocycles. The van der Waals surface area contributed by atoms with Crippen molar-refractivity contribution in [3.8, 4) is 0 Å². The predicted octanol–water partition coefficient (Wildman–Crippen LogP) is 0.116. The number of aromatic nitrogens is 2. The fourth-order valence-corrected chi connectivity index (χ4v) is 1.09. The van der Waals surface area contributed by atoms with E-state index in [1.165, 1.54) is 6.33 Å². The van der Waals surface area contributed by atoms with E-state index in [1.54, 1.807) is 0 Å². The van der Waals surface area contributed by atoms with Gasteiger partial charge in [0.1, 0.15) is 0 Å². The molecule has 0 aromatic carbocycles. The molecule has 1 amide bonds. The van der Waals surface area contributed by atoms with Crippen LogP contribution in [0.3, 0.4) is 0 Å². The monoisotopic (exact) mass is 226 g/mol. The van der Waals surface area contributed by atoms with Crippen molar-refractivity contribution in [3.05, 3.63) is 12.2 Å². The normalized spacial score (nSPS) is 12.4. The zero-order valence-electron chi connectivity index (χ0n) is 9.69. The smallest absolute Gasteiger partial charge is 0.233 e. The van der Waals surface area contributed by atoms with E-state index < -0.39 is 0 Å². The highest BCUT2D eigenvalue weighted by molar-refractivity contribution is 5.77. The van der Waals surface area contributed by atoms with Crippen LogP contribution in [-0.2, 0) is 11.2 Å². The number of rotatable bonds is 7. The lowest BCUT2D eigenvalue weighted by Gasteiger charge is -2.10. The molecule has 90 valence electrons. The van der Waals surface area contributed by atoms with E-state index in [0.717, 1.165) is 6.42 Å². The van der Waals surface area contributed by atoms with Crippen LogP contribution in [0.2, 0.25) is 0 Å². The summed E-state index contributed by atoms with van der Waals surface area (Å²) in [4.78, 5) is 15.2. The first-order chi connectivity index (χ1) is 7.72. The third-order valence-electron chi connectivity index (χ3n) is 2.29. The van der Waals surface area contributed by atoms with Gasteiger partial charge in [-0.25, -0.2) is 0 Å². The second-order valence-corrected chi connectivity index (χ2v) is 3.63. The van der Waals surface area contributed by atoms with E-state index in [-0.39, 0.29) is 5.91 Å². The van der Waals surface area contributed by atoms with E-state index in [0.29, 0.717) is 31.4 Å². The van der Waals surface area contributed by atoms with Crippen LogP contribution in [0, 0.1) is 0 Å². The highest BCUT2D eigenvalue weighted by Gasteiger charge is 2.04. The van der Waals surface area contributed by atoms with Crippen molar-refractivity contribution < 1.29 is 9.32 Å². The summed E-state index contributed by atoms with van der Waals surface area (Å²) in [5.41, 5.74) is 0. The third kappa shape index (κ3) is 4.88. The molecule has 0 saturated heterocycles. The zero-order valence-corrected chi connectivity index (χ0v) is 9.69. The Labute approximate surface area is 94.8 Å². The molecular formula is C10H18N4O2. The number of hydrogen-bond acceptors (Lipinski definition) is 5. The van der Waals surface area contributed by atoms with Gasteiger partial charge < -0.3 is 15.2 Å². The molecule has 0 fully saturated rings. The zero-order chi connectivity index (χ0) is 11.8. The van der Waals surface area contributed by atoms with Gasteiger partial charge in [0.05, 0.1) is 6.54 Å². The molecule has 1 unspecified atom stereocenters. The Morgan fingerprint density at radius 2 is 2.44 bits per heavy atom. The van der Waals surface area contributed by atoms with E-state index >= 15 is 0 Å². The van der Waals surface area contributed by atoms with Gasteiger partial charge in [0.25, 0.3) is 0 Å². The van der Waals surface area contributed by atoms with Crippen molar-refractivity contribution in [2.45, 2.75) is 32.7 Å². The van der Waals surface area contributed by atoms with Gasteiger partial charge in [-0.2, -0.15) is 4.98 Å². The van der Waals surface area contributed by atoms with Gasteiger partial charge in [-0.3, -0.25) is 4.79 Å². The van der Waals surface area contributed by atoms with Crippen LogP contribution in [0.4, 0.5) is 0 Å². The van der Waals surface area contributed by atoms with Gasteiger partial charge in [-0.05, 0) is 13.3 Å². The van der Waals surface area contributed by atoms with Crippen LogP contribution in [0.1, 0.15) is 26.2 Å². The molecule has 6 heteroatoms. The van der Waals surface area contributed by atoms with Crippen LogP contribution in [0.15, 0.2) is 10.9 Å². The number of carbonyl (C=O) groups is 1. The quantitative estimate of drug-likeness (QED) is 0.690. The van der Waals surface area contributed by atoms with Crippen molar-refractivity contribution >= 4 is 5.91 Å². The minimum Gasteiger partial charge on any atom is -0.354 e. The highest BCUT2D eigenvalue weighted by Crippen LogP contribution is 1.90. The van der Waals surface area contributed by atoms with E-state index in [4.69, 9.17) is 4.52 Å². The molecule has 0 saturated carbocycles. The largest absolute Gasteiger partial charge is 0.354 e. The van der Waals surface area contributed by atoms with E-state index in [9.17, 15) is 4.79 Å². The lowest BCUT2D eigenvalue weighted by molar-refractivity contribution is -0.120. The first-order valence-electron chi connectivity index (χ1n) is 5.48. The molecule has 0 aliphatic heterocycles. The van der Waals surface area contributed by atoms with Gasteiger partial charge >= 0.3 is 0 Å². The van der Waals surface area contributed by atoms with E-state index in [2.05, 4.69) is 27.7 Å². The molecule has 2 N–H and O–H groups in total. The Morgan fingerprint density at radius 1 is 1.62 bits per heavy atom. The first kappa shape index (κ1) is 12.6. The van der Waals surface area contributed by atoms with Gasteiger partial charge in [-0.1, -0.05) is 12.1 Å². The molecule has 1 atom stereocenters. The van der Waals surface area contributed by atoms with Gasteiger partial charge in [0, 0.05) is 19.0 Å². The summed E-state index contributed by atoms with van der Waals surface area (Å²) in [6.45, 7) is 4.99. The average molecular weight is 226 g/mol. The van der Waals surface area contributed by atoms with Crippen LogP contribution in [-0.4, -0.2) is 35.2 Å². The summed E-state index contributed by atoms with van der Waals surface area (Å²) in [5.74, 6) is 0.523. The van der Waals surface area contributed by atoms with Crippen molar-refractivity contribution in [1.29, 1.82) is 0 Å². The minimum atomic E-state index is -0.0141. The molecular weight excluding hydrogens is 208 g/mol. The lowest BCUT2D eigenvalue weighted by Crippen LogP contribution is -2.38. The van der Waals surface area contributed by atoms with Crippen molar-refractivity contribution in [1.82, 2.24) is 20.8 Å². The Kier molecular flexibility index (Phi) is 5.49. The topological polar surface area (TPSA) is 80.0 Å². The highest BCUT2D eigenvalue weighted by atomic mass is 16.5. The molecule has 16 heavy (non-hydrogen) atoms. The number of carbonyl (C=O) groups excluding carboxylic acids is 1. The van der Waals surface area contributed by atoms with Crippen LogP contribution in [0.5, 0.6) is 0 Å². The maximum Gasteiger partial charge on any atom is 0.233 e. The second-order valence-electron chi connectivity index (χ2n) is 3.63. The minimum absolute atomic E-state index is 0.0141. The maximum atomic E-state index is 11.4. The standard InChI is InChI=1S/C10H18N4O2/c1-3-8(2)12-6-9(15)11-5-4-10-13-7-14-16-10/h7-8,12H,3-6H2,1-2H3,(H,11,15). The summed E-state index contributed by atoms with van der Waals surface area (Å²) in [5, 5.41) is 9.36. The molecule has 6 nitrogen and oxygen atoms in total. The maximum absolute atomic E-state index is 11.4. The molecule has 0 radical (unpaired) electrons. The van der Waals surface area contributed by atoms with Gasteiger partial charge in [-0.15, -0.1) is 0 Å². The molecule has 0 aliphatic rings. The third-order valence-corrected chi connectivity index (χ3v) is 2.29. The molecule has 0 spiro atoms. The summed E-state index contributed by atoms with van der Waals surface area (Å²) in [6, 6.07) is 0.363. The van der Waals surface area contributed by atoms with E-state index in [1.807, 2.05) is 6.92 Å². The Morgan fingerprint density at radius 3 is 3.06 bits per heavy atom. The summed E-state index contributed by atoms with van der Waals surface area (Å²) in [7, 11) is 0. The van der Waals surface area contributed by atoms with Crippen molar-refractivity contribution in [3.63, 3.8) is 0 Å². The average Bonchev–Trinajstić information content (AvgIpc) is 2.79. The Hall–Kier alpha value is -1.43. The predicted molar refractivity (Wildman–Crippen MR) is 58.8 cm³/mol. The lowest BCUT2D eigenvalue weighted by atomic mass is 10.2. The Bertz CT molecular complexity index is 300. The first-order valence-corrected chi connectivity index (χ1v) is 5.48. The van der Waals surface area contributed by atoms with Gasteiger partial charge in [0.15, 0.2) is 6.33 Å². The fraction of sp³-hybridized carbons (Fsp3) is 0.700. The SMILES string of the molecule is CCC(C)NCC(=O)NCCc1ncno1. The molecule has 0 aliphatic carbocycles. The second kappa shape index (κ2) is 6.95. The number of hydrogen-bond donors (Lipinski definition) is 2. The van der Waals surface area contributed by atoms with Crippen molar-refractivity contribution in [2.75, 3.05) is 13.1 Å².